The molecule has 0 saturated heterocycles. The summed E-state index contributed by atoms with van der Waals surface area (Å²) >= 11 is 1.66. The van der Waals surface area contributed by atoms with E-state index >= 15 is 0 Å². The Bertz CT molecular complexity index is 308. The Labute approximate surface area is 109 Å². The van der Waals surface area contributed by atoms with E-state index in [-0.39, 0.29) is 5.41 Å². The van der Waals surface area contributed by atoms with Gasteiger partial charge in [0.15, 0.2) is 0 Å². The fraction of sp³-hybridized carbons (Fsp3) is 0.769. The molecule has 0 radical (unpaired) electrons. The molecule has 0 aliphatic carbocycles. The molecule has 1 atom stereocenters. The van der Waals surface area contributed by atoms with Crippen molar-refractivity contribution in [1.82, 2.24) is 9.88 Å². The lowest BCUT2D eigenvalue weighted by atomic mass is 9.92. The lowest BCUT2D eigenvalue weighted by molar-refractivity contribution is 0.139. The highest BCUT2D eigenvalue weighted by Gasteiger charge is 2.24. The molecular formula is C13H25N3S. The van der Waals surface area contributed by atoms with Crippen molar-refractivity contribution in [3.8, 4) is 0 Å². The third-order valence-electron chi connectivity index (χ3n) is 3.12. The van der Waals surface area contributed by atoms with E-state index in [1.54, 1.807) is 11.3 Å². The molecule has 17 heavy (non-hydrogen) atoms. The summed E-state index contributed by atoms with van der Waals surface area (Å²) in [4.78, 5) is 6.91. The molecule has 0 aromatic carbocycles. The molecule has 1 aromatic heterocycles. The van der Waals surface area contributed by atoms with Gasteiger partial charge in [-0.3, -0.25) is 4.90 Å². The van der Waals surface area contributed by atoms with E-state index in [0.29, 0.717) is 6.04 Å². The van der Waals surface area contributed by atoms with Crippen LogP contribution < -0.4 is 5.73 Å². The van der Waals surface area contributed by atoms with E-state index in [4.69, 9.17) is 5.73 Å². The molecule has 1 aromatic rings. The van der Waals surface area contributed by atoms with Crippen molar-refractivity contribution < 1.29 is 0 Å². The highest BCUT2D eigenvalue weighted by molar-refractivity contribution is 7.07. The zero-order valence-electron chi connectivity index (χ0n) is 11.4. The van der Waals surface area contributed by atoms with Gasteiger partial charge in [-0.25, -0.2) is 4.98 Å². The van der Waals surface area contributed by atoms with Gasteiger partial charge in [0.1, 0.15) is 0 Å². The van der Waals surface area contributed by atoms with Gasteiger partial charge in [-0.1, -0.05) is 20.8 Å². The topological polar surface area (TPSA) is 42.1 Å². The third-order valence-corrected chi connectivity index (χ3v) is 3.73. The van der Waals surface area contributed by atoms with Gasteiger partial charge in [0.2, 0.25) is 0 Å². The first-order valence-electron chi connectivity index (χ1n) is 6.32. The number of aromatic nitrogens is 1. The van der Waals surface area contributed by atoms with Gasteiger partial charge in [0, 0.05) is 11.9 Å². The smallest absolute Gasteiger partial charge is 0.0795 e. The predicted octanol–water partition coefficient (Wildman–Crippen LogP) is 2.90. The Kier molecular flexibility index (Phi) is 5.56. The second-order valence-electron chi connectivity index (χ2n) is 5.43. The van der Waals surface area contributed by atoms with Crippen molar-refractivity contribution in [3.05, 3.63) is 16.6 Å². The lowest BCUT2D eigenvalue weighted by Crippen LogP contribution is -2.40. The van der Waals surface area contributed by atoms with E-state index in [1.807, 2.05) is 5.51 Å². The second-order valence-corrected chi connectivity index (χ2v) is 6.15. The zero-order chi connectivity index (χ0) is 12.9. The van der Waals surface area contributed by atoms with E-state index < -0.39 is 0 Å². The number of thiazole rings is 1. The molecule has 98 valence electrons. The maximum Gasteiger partial charge on any atom is 0.0795 e. The minimum Gasteiger partial charge on any atom is -0.330 e. The quantitative estimate of drug-likeness (QED) is 0.814. The van der Waals surface area contributed by atoms with Crippen molar-refractivity contribution >= 4 is 11.3 Å². The van der Waals surface area contributed by atoms with Crippen LogP contribution in [0.15, 0.2) is 10.9 Å². The minimum atomic E-state index is 0.166. The molecule has 1 heterocycles. The average molecular weight is 255 g/mol. The molecule has 0 aliphatic rings. The largest absolute Gasteiger partial charge is 0.330 e. The molecule has 0 bridgehead atoms. The first-order valence-corrected chi connectivity index (χ1v) is 7.26. The molecule has 0 amide bonds. The van der Waals surface area contributed by atoms with Crippen LogP contribution in [0.3, 0.4) is 0 Å². The Morgan fingerprint density at radius 3 is 2.71 bits per heavy atom. The van der Waals surface area contributed by atoms with Crippen molar-refractivity contribution in [2.24, 2.45) is 11.1 Å². The molecule has 0 spiro atoms. The van der Waals surface area contributed by atoms with Crippen LogP contribution >= 0.6 is 11.3 Å². The molecule has 0 fully saturated rings. The Hall–Kier alpha value is -0.450. The summed E-state index contributed by atoms with van der Waals surface area (Å²) in [5.41, 5.74) is 9.08. The van der Waals surface area contributed by atoms with Gasteiger partial charge in [-0.2, -0.15) is 0 Å². The first kappa shape index (κ1) is 14.6. The number of nitrogens with two attached hydrogens (primary N) is 1. The molecule has 4 heteroatoms. The van der Waals surface area contributed by atoms with Crippen LogP contribution in [0.5, 0.6) is 0 Å². The second kappa shape index (κ2) is 6.47. The summed E-state index contributed by atoms with van der Waals surface area (Å²) in [7, 11) is 0. The van der Waals surface area contributed by atoms with Crippen LogP contribution in [0.2, 0.25) is 0 Å². The number of rotatable bonds is 7. The van der Waals surface area contributed by atoms with Crippen molar-refractivity contribution in [2.45, 2.75) is 40.2 Å². The Morgan fingerprint density at radius 2 is 2.24 bits per heavy atom. The maximum atomic E-state index is 5.83. The van der Waals surface area contributed by atoms with E-state index in [0.717, 1.165) is 26.1 Å². The van der Waals surface area contributed by atoms with Crippen molar-refractivity contribution in [3.63, 3.8) is 0 Å². The number of nitrogens with zero attached hydrogens (tertiary/aromatic N) is 2. The van der Waals surface area contributed by atoms with Crippen molar-refractivity contribution in [2.75, 3.05) is 19.6 Å². The normalized spacial score (nSPS) is 14.2. The van der Waals surface area contributed by atoms with Gasteiger partial charge in [-0.05, 0) is 31.8 Å². The molecule has 2 N–H and O–H groups in total. The average Bonchev–Trinajstić information content (AvgIpc) is 2.81. The van der Waals surface area contributed by atoms with E-state index in [9.17, 15) is 0 Å². The lowest BCUT2D eigenvalue weighted by Gasteiger charge is -2.35. The predicted molar refractivity (Wildman–Crippen MR) is 75.2 cm³/mol. The molecule has 1 rings (SSSR count). The highest BCUT2D eigenvalue weighted by Crippen LogP contribution is 2.25. The fourth-order valence-corrected chi connectivity index (χ4v) is 2.57. The monoisotopic (exact) mass is 255 g/mol. The number of hydrogen-bond acceptors (Lipinski definition) is 4. The van der Waals surface area contributed by atoms with Crippen LogP contribution in [0.1, 0.15) is 45.9 Å². The Balaban J connectivity index is 2.71. The third kappa shape index (κ3) is 4.37. The van der Waals surface area contributed by atoms with Crippen LogP contribution in [0, 0.1) is 5.41 Å². The highest BCUT2D eigenvalue weighted by atomic mass is 32.1. The molecule has 3 nitrogen and oxygen atoms in total. The van der Waals surface area contributed by atoms with Crippen LogP contribution in [0.4, 0.5) is 0 Å². The SMILES string of the molecule is CCCN(CC(C)(C)CN)C(C)c1cscn1. The van der Waals surface area contributed by atoms with Gasteiger partial charge >= 0.3 is 0 Å². The van der Waals surface area contributed by atoms with Gasteiger partial charge in [0.25, 0.3) is 0 Å². The summed E-state index contributed by atoms with van der Waals surface area (Å²) in [6.07, 6.45) is 1.16. The molecule has 0 aliphatic heterocycles. The van der Waals surface area contributed by atoms with E-state index in [1.165, 1.54) is 5.69 Å². The Morgan fingerprint density at radius 1 is 1.53 bits per heavy atom. The van der Waals surface area contributed by atoms with Crippen LogP contribution in [0.25, 0.3) is 0 Å². The molecule has 0 saturated carbocycles. The summed E-state index contributed by atoms with van der Waals surface area (Å²) in [6, 6.07) is 0.382. The first-order chi connectivity index (χ1) is 8.00. The van der Waals surface area contributed by atoms with Crippen LogP contribution in [-0.4, -0.2) is 29.5 Å². The van der Waals surface area contributed by atoms with Gasteiger partial charge in [0.05, 0.1) is 17.2 Å². The van der Waals surface area contributed by atoms with Crippen molar-refractivity contribution in [1.29, 1.82) is 0 Å². The maximum absolute atomic E-state index is 5.83. The van der Waals surface area contributed by atoms with Gasteiger partial charge in [-0.15, -0.1) is 11.3 Å². The molecule has 1 unspecified atom stereocenters. The fourth-order valence-electron chi connectivity index (χ4n) is 1.93. The standard InChI is InChI=1S/C13H25N3S/c1-5-6-16(9-13(3,4)8-14)11(2)12-7-17-10-15-12/h7,10-11H,5-6,8-9,14H2,1-4H3. The zero-order valence-corrected chi connectivity index (χ0v) is 12.3. The van der Waals surface area contributed by atoms with Crippen LogP contribution in [-0.2, 0) is 0 Å². The van der Waals surface area contributed by atoms with E-state index in [2.05, 4.69) is 43.0 Å². The summed E-state index contributed by atoms with van der Waals surface area (Å²) in [5, 5.41) is 2.14. The summed E-state index contributed by atoms with van der Waals surface area (Å²) in [6.45, 7) is 11.7. The molecular weight excluding hydrogens is 230 g/mol. The van der Waals surface area contributed by atoms with Gasteiger partial charge < -0.3 is 5.73 Å². The minimum absolute atomic E-state index is 0.166. The number of hydrogen-bond donors (Lipinski definition) is 1. The summed E-state index contributed by atoms with van der Waals surface area (Å²) < 4.78 is 0. The summed E-state index contributed by atoms with van der Waals surface area (Å²) in [5.74, 6) is 0.